The monoisotopic (exact) mass is 217 g/mol. The fourth-order valence-electron chi connectivity index (χ4n) is 1.29. The Balaban J connectivity index is 2.32. The predicted octanol–water partition coefficient (Wildman–Crippen LogP) is 3.40. The van der Waals surface area contributed by atoms with Crippen molar-refractivity contribution in [3.8, 4) is 10.4 Å². The van der Waals surface area contributed by atoms with Gasteiger partial charge in [-0.3, -0.25) is 4.79 Å². The quantitative estimate of drug-likeness (QED) is 0.737. The summed E-state index contributed by atoms with van der Waals surface area (Å²) in [6.45, 7) is 1.85. The van der Waals surface area contributed by atoms with Crippen molar-refractivity contribution in [3.63, 3.8) is 0 Å². The lowest BCUT2D eigenvalue weighted by Crippen LogP contribution is -1.93. The molecule has 0 aliphatic heterocycles. The van der Waals surface area contributed by atoms with Crippen LogP contribution in [0.5, 0.6) is 0 Å². The molecule has 1 aromatic heterocycles. The molecule has 0 fully saturated rings. The van der Waals surface area contributed by atoms with E-state index in [-0.39, 0.29) is 5.78 Å². The van der Waals surface area contributed by atoms with Crippen molar-refractivity contribution in [3.05, 3.63) is 41.5 Å². The van der Waals surface area contributed by atoms with E-state index in [1.807, 2.05) is 37.3 Å². The summed E-state index contributed by atoms with van der Waals surface area (Å²) in [5.74, 6) is 0.113. The lowest BCUT2D eigenvalue weighted by Gasteiger charge is -1.93. The van der Waals surface area contributed by atoms with Gasteiger partial charge in [0.15, 0.2) is 10.8 Å². The number of carbonyl (C=O) groups is 1. The lowest BCUT2D eigenvalue weighted by molar-refractivity contribution is 0.0988. The SMILES string of the molecule is CCC(=O)c1ncc(-c2ccccc2)s1. The van der Waals surface area contributed by atoms with E-state index in [2.05, 4.69) is 4.98 Å². The molecule has 0 atom stereocenters. The highest BCUT2D eigenvalue weighted by Gasteiger charge is 2.09. The smallest absolute Gasteiger partial charge is 0.191 e. The fraction of sp³-hybridized carbons (Fsp3) is 0.167. The van der Waals surface area contributed by atoms with Gasteiger partial charge in [0.1, 0.15) is 0 Å². The summed E-state index contributed by atoms with van der Waals surface area (Å²) in [5.41, 5.74) is 1.12. The van der Waals surface area contributed by atoms with Crippen LogP contribution in [-0.4, -0.2) is 10.8 Å². The van der Waals surface area contributed by atoms with Gasteiger partial charge in [0, 0.05) is 12.6 Å². The first-order valence-corrected chi connectivity index (χ1v) is 5.67. The van der Waals surface area contributed by atoms with E-state index in [9.17, 15) is 4.79 Å². The van der Waals surface area contributed by atoms with Gasteiger partial charge in [-0.05, 0) is 5.56 Å². The molecule has 0 saturated heterocycles. The van der Waals surface area contributed by atoms with E-state index in [1.54, 1.807) is 6.20 Å². The predicted molar refractivity (Wildman–Crippen MR) is 62.2 cm³/mol. The molecule has 1 heterocycles. The molecule has 76 valence electrons. The summed E-state index contributed by atoms with van der Waals surface area (Å²) < 4.78 is 0. The second-order valence-corrected chi connectivity index (χ2v) is 4.20. The second kappa shape index (κ2) is 4.36. The number of ketones is 1. The summed E-state index contributed by atoms with van der Waals surface area (Å²) >= 11 is 1.46. The van der Waals surface area contributed by atoms with Gasteiger partial charge in [0.05, 0.1) is 4.88 Å². The molecule has 0 saturated carbocycles. The minimum Gasteiger partial charge on any atom is -0.292 e. The van der Waals surface area contributed by atoms with Crippen molar-refractivity contribution >= 4 is 17.1 Å². The average Bonchev–Trinajstić information content (AvgIpc) is 2.78. The van der Waals surface area contributed by atoms with Crippen LogP contribution in [-0.2, 0) is 0 Å². The Morgan fingerprint density at radius 3 is 2.73 bits per heavy atom. The molecule has 2 aromatic rings. The fourth-order valence-corrected chi connectivity index (χ4v) is 2.22. The van der Waals surface area contributed by atoms with Gasteiger partial charge in [0.2, 0.25) is 0 Å². The van der Waals surface area contributed by atoms with Crippen molar-refractivity contribution in [2.75, 3.05) is 0 Å². The molecule has 1 aromatic carbocycles. The molecule has 0 aliphatic carbocycles. The third-order valence-electron chi connectivity index (χ3n) is 2.12. The van der Waals surface area contributed by atoms with E-state index >= 15 is 0 Å². The summed E-state index contributed by atoms with van der Waals surface area (Å²) in [4.78, 5) is 16.6. The third kappa shape index (κ3) is 2.13. The largest absolute Gasteiger partial charge is 0.292 e. The molecule has 0 spiro atoms. The van der Waals surface area contributed by atoms with Crippen LogP contribution in [0.25, 0.3) is 10.4 Å². The minimum atomic E-state index is 0.113. The number of aromatic nitrogens is 1. The van der Waals surface area contributed by atoms with Crippen LogP contribution in [0.4, 0.5) is 0 Å². The van der Waals surface area contributed by atoms with Crippen molar-refractivity contribution < 1.29 is 4.79 Å². The zero-order valence-electron chi connectivity index (χ0n) is 8.43. The molecule has 0 amide bonds. The number of hydrogen-bond acceptors (Lipinski definition) is 3. The first-order chi connectivity index (χ1) is 7.31. The van der Waals surface area contributed by atoms with Gasteiger partial charge < -0.3 is 0 Å². The number of hydrogen-bond donors (Lipinski definition) is 0. The molecule has 3 heteroatoms. The molecule has 0 unspecified atom stereocenters. The average molecular weight is 217 g/mol. The molecule has 15 heavy (non-hydrogen) atoms. The normalized spacial score (nSPS) is 10.2. The van der Waals surface area contributed by atoms with Crippen molar-refractivity contribution in [2.45, 2.75) is 13.3 Å². The lowest BCUT2D eigenvalue weighted by atomic mass is 10.2. The van der Waals surface area contributed by atoms with Gasteiger partial charge in [-0.1, -0.05) is 37.3 Å². The Hall–Kier alpha value is -1.48. The minimum absolute atomic E-state index is 0.113. The van der Waals surface area contributed by atoms with Crippen molar-refractivity contribution in [1.82, 2.24) is 4.98 Å². The van der Waals surface area contributed by atoms with Gasteiger partial charge in [-0.2, -0.15) is 0 Å². The Labute approximate surface area is 92.6 Å². The first-order valence-electron chi connectivity index (χ1n) is 4.85. The number of Topliss-reactive ketones (excluding diaryl/α,β-unsaturated/α-hetero) is 1. The Morgan fingerprint density at radius 1 is 1.33 bits per heavy atom. The maximum Gasteiger partial charge on any atom is 0.191 e. The van der Waals surface area contributed by atoms with Gasteiger partial charge in [-0.25, -0.2) is 4.98 Å². The molecular formula is C12H11NOS. The van der Waals surface area contributed by atoms with Gasteiger partial charge in [-0.15, -0.1) is 11.3 Å². The zero-order valence-corrected chi connectivity index (χ0v) is 9.25. The molecule has 2 rings (SSSR count). The van der Waals surface area contributed by atoms with Crippen LogP contribution in [0, 0.1) is 0 Å². The second-order valence-electron chi connectivity index (χ2n) is 3.17. The maximum atomic E-state index is 11.4. The Morgan fingerprint density at radius 2 is 2.07 bits per heavy atom. The maximum absolute atomic E-state index is 11.4. The number of thiazole rings is 1. The first kappa shape index (κ1) is 10.1. The van der Waals surface area contributed by atoms with Crippen LogP contribution < -0.4 is 0 Å². The van der Waals surface area contributed by atoms with Crippen LogP contribution in [0.1, 0.15) is 23.1 Å². The molecule has 2 nitrogen and oxygen atoms in total. The highest BCUT2D eigenvalue weighted by atomic mass is 32.1. The highest BCUT2D eigenvalue weighted by molar-refractivity contribution is 7.17. The van der Waals surface area contributed by atoms with E-state index in [1.165, 1.54) is 11.3 Å². The van der Waals surface area contributed by atoms with Gasteiger partial charge >= 0.3 is 0 Å². The van der Waals surface area contributed by atoms with E-state index in [0.29, 0.717) is 11.4 Å². The van der Waals surface area contributed by atoms with Crippen molar-refractivity contribution in [1.29, 1.82) is 0 Å². The molecular weight excluding hydrogens is 206 g/mol. The van der Waals surface area contributed by atoms with Crippen LogP contribution in [0.3, 0.4) is 0 Å². The molecule has 0 aliphatic rings. The standard InChI is InChI=1S/C12H11NOS/c1-2-10(14)12-13-8-11(15-12)9-6-4-3-5-7-9/h3-8H,2H2,1H3. The van der Waals surface area contributed by atoms with Crippen LogP contribution in [0.2, 0.25) is 0 Å². The molecule has 0 radical (unpaired) electrons. The summed E-state index contributed by atoms with van der Waals surface area (Å²) in [6, 6.07) is 9.98. The Kier molecular flexibility index (Phi) is 2.92. The third-order valence-corrected chi connectivity index (χ3v) is 3.21. The van der Waals surface area contributed by atoms with E-state index < -0.39 is 0 Å². The topological polar surface area (TPSA) is 30.0 Å². The molecule has 0 bridgehead atoms. The molecule has 0 N–H and O–H groups in total. The highest BCUT2D eigenvalue weighted by Crippen LogP contribution is 2.26. The number of benzene rings is 1. The van der Waals surface area contributed by atoms with Crippen LogP contribution in [0.15, 0.2) is 36.5 Å². The number of rotatable bonds is 3. The van der Waals surface area contributed by atoms with E-state index in [0.717, 1.165) is 10.4 Å². The number of nitrogens with zero attached hydrogens (tertiary/aromatic N) is 1. The number of carbonyl (C=O) groups excluding carboxylic acids is 1. The summed E-state index contributed by atoms with van der Waals surface area (Å²) in [6.07, 6.45) is 2.28. The van der Waals surface area contributed by atoms with E-state index in [4.69, 9.17) is 0 Å². The zero-order chi connectivity index (χ0) is 10.7. The summed E-state index contributed by atoms with van der Waals surface area (Å²) in [7, 11) is 0. The van der Waals surface area contributed by atoms with Crippen LogP contribution >= 0.6 is 11.3 Å². The van der Waals surface area contributed by atoms with Crippen molar-refractivity contribution in [2.24, 2.45) is 0 Å². The van der Waals surface area contributed by atoms with Gasteiger partial charge in [0.25, 0.3) is 0 Å². The Bertz CT molecular complexity index is 461. The summed E-state index contributed by atoms with van der Waals surface area (Å²) in [5, 5.41) is 0.608.